The molecule has 1 aromatic rings. The molecule has 0 aliphatic heterocycles. The van der Waals surface area contributed by atoms with Crippen molar-refractivity contribution in [3.8, 4) is 0 Å². The molecule has 4 heteroatoms. The van der Waals surface area contributed by atoms with Crippen LogP contribution in [0.3, 0.4) is 0 Å². The molecule has 120 valence electrons. The standard InChI is InChI=1S/C18H26N2O2/c1-3-14-8-10-16(11-9-14)20-18(22)17(21)19-12-15-6-4-13(2)5-7-15/h4-7,14,16H,3,8-12H2,1-2H3,(H,19,21)(H,20,22). The Hall–Kier alpha value is -1.84. The zero-order chi connectivity index (χ0) is 15.9. The highest BCUT2D eigenvalue weighted by molar-refractivity contribution is 6.35. The average Bonchev–Trinajstić information content (AvgIpc) is 2.54. The van der Waals surface area contributed by atoms with Gasteiger partial charge in [-0.2, -0.15) is 0 Å². The zero-order valence-corrected chi connectivity index (χ0v) is 13.5. The van der Waals surface area contributed by atoms with Crippen LogP contribution in [0.25, 0.3) is 0 Å². The van der Waals surface area contributed by atoms with Crippen LogP contribution >= 0.6 is 0 Å². The maximum absolute atomic E-state index is 11.9. The molecule has 2 N–H and O–H groups in total. The molecule has 1 aliphatic rings. The third kappa shape index (κ3) is 4.86. The van der Waals surface area contributed by atoms with Gasteiger partial charge in [0, 0.05) is 12.6 Å². The Balaban J connectivity index is 1.73. The first kappa shape index (κ1) is 16.5. The Morgan fingerprint density at radius 1 is 1.05 bits per heavy atom. The highest BCUT2D eigenvalue weighted by Crippen LogP contribution is 2.26. The molecule has 0 aromatic heterocycles. The van der Waals surface area contributed by atoms with E-state index in [1.165, 1.54) is 12.0 Å². The van der Waals surface area contributed by atoms with Gasteiger partial charge in [0.1, 0.15) is 0 Å². The first-order valence-corrected chi connectivity index (χ1v) is 8.22. The fraction of sp³-hybridized carbons (Fsp3) is 0.556. The van der Waals surface area contributed by atoms with Gasteiger partial charge in [0.2, 0.25) is 0 Å². The third-order valence-electron chi connectivity index (χ3n) is 4.54. The molecular weight excluding hydrogens is 276 g/mol. The van der Waals surface area contributed by atoms with Crippen LogP contribution in [-0.4, -0.2) is 17.9 Å². The zero-order valence-electron chi connectivity index (χ0n) is 13.5. The summed E-state index contributed by atoms with van der Waals surface area (Å²) in [6.07, 6.45) is 5.46. The van der Waals surface area contributed by atoms with Crippen LogP contribution in [0.5, 0.6) is 0 Å². The minimum Gasteiger partial charge on any atom is -0.345 e. The summed E-state index contributed by atoms with van der Waals surface area (Å²) in [5.41, 5.74) is 2.17. The summed E-state index contributed by atoms with van der Waals surface area (Å²) in [5, 5.41) is 5.53. The van der Waals surface area contributed by atoms with Crippen molar-refractivity contribution in [2.24, 2.45) is 5.92 Å². The van der Waals surface area contributed by atoms with Crippen LogP contribution < -0.4 is 10.6 Å². The maximum atomic E-state index is 11.9. The van der Waals surface area contributed by atoms with Gasteiger partial charge in [-0.3, -0.25) is 9.59 Å². The second-order valence-electron chi connectivity index (χ2n) is 6.27. The average molecular weight is 302 g/mol. The van der Waals surface area contributed by atoms with E-state index in [0.29, 0.717) is 6.54 Å². The lowest BCUT2D eigenvalue weighted by Gasteiger charge is -2.28. The molecule has 0 spiro atoms. The van der Waals surface area contributed by atoms with Crippen LogP contribution in [0, 0.1) is 12.8 Å². The van der Waals surface area contributed by atoms with Crippen molar-refractivity contribution in [2.45, 2.75) is 58.5 Å². The van der Waals surface area contributed by atoms with E-state index in [-0.39, 0.29) is 6.04 Å². The molecule has 0 unspecified atom stereocenters. The Morgan fingerprint density at radius 3 is 2.27 bits per heavy atom. The number of carbonyl (C=O) groups is 2. The lowest BCUT2D eigenvalue weighted by atomic mass is 9.84. The van der Waals surface area contributed by atoms with Gasteiger partial charge >= 0.3 is 11.8 Å². The van der Waals surface area contributed by atoms with Crippen molar-refractivity contribution in [3.63, 3.8) is 0 Å². The highest BCUT2D eigenvalue weighted by Gasteiger charge is 2.23. The number of aryl methyl sites for hydroxylation is 1. The SMILES string of the molecule is CCC1CCC(NC(=O)C(=O)NCc2ccc(C)cc2)CC1. The minimum absolute atomic E-state index is 0.153. The predicted octanol–water partition coefficient (Wildman–Crippen LogP) is 2.70. The Morgan fingerprint density at radius 2 is 1.68 bits per heavy atom. The Bertz CT molecular complexity index is 502. The highest BCUT2D eigenvalue weighted by atomic mass is 16.2. The summed E-state index contributed by atoms with van der Waals surface area (Å²) >= 11 is 0. The summed E-state index contributed by atoms with van der Waals surface area (Å²) in [7, 11) is 0. The Labute approximate surface area is 132 Å². The molecule has 0 radical (unpaired) electrons. The summed E-state index contributed by atoms with van der Waals surface area (Å²) in [5.74, 6) is -0.270. The van der Waals surface area contributed by atoms with Gasteiger partial charge in [0.25, 0.3) is 0 Å². The van der Waals surface area contributed by atoms with Crippen LogP contribution in [0.4, 0.5) is 0 Å². The van der Waals surface area contributed by atoms with E-state index in [9.17, 15) is 9.59 Å². The van der Waals surface area contributed by atoms with Crippen molar-refractivity contribution in [3.05, 3.63) is 35.4 Å². The molecule has 1 fully saturated rings. The maximum Gasteiger partial charge on any atom is 0.309 e. The first-order valence-electron chi connectivity index (χ1n) is 8.22. The van der Waals surface area contributed by atoms with Gasteiger partial charge in [0.05, 0.1) is 0 Å². The molecule has 4 nitrogen and oxygen atoms in total. The Kier molecular flexibility index (Phi) is 5.99. The van der Waals surface area contributed by atoms with Gasteiger partial charge in [-0.25, -0.2) is 0 Å². The van der Waals surface area contributed by atoms with E-state index in [1.807, 2.05) is 31.2 Å². The minimum atomic E-state index is -0.543. The topological polar surface area (TPSA) is 58.2 Å². The molecule has 22 heavy (non-hydrogen) atoms. The summed E-state index contributed by atoms with van der Waals surface area (Å²) in [6.45, 7) is 4.61. The monoisotopic (exact) mass is 302 g/mol. The third-order valence-corrected chi connectivity index (χ3v) is 4.54. The first-order chi connectivity index (χ1) is 10.6. The number of benzene rings is 1. The van der Waals surface area contributed by atoms with Gasteiger partial charge in [-0.1, -0.05) is 43.2 Å². The fourth-order valence-corrected chi connectivity index (χ4v) is 2.93. The molecule has 0 heterocycles. The molecular formula is C18H26N2O2. The normalized spacial score (nSPS) is 21.2. The molecule has 0 bridgehead atoms. The summed E-state index contributed by atoms with van der Waals surface area (Å²) in [6, 6.07) is 8.06. The number of nitrogens with one attached hydrogen (secondary N) is 2. The van der Waals surface area contributed by atoms with E-state index in [1.54, 1.807) is 0 Å². The molecule has 2 rings (SSSR count). The summed E-state index contributed by atoms with van der Waals surface area (Å²) in [4.78, 5) is 23.8. The number of rotatable bonds is 4. The van der Waals surface area contributed by atoms with Crippen molar-refractivity contribution < 1.29 is 9.59 Å². The molecule has 0 atom stereocenters. The summed E-state index contributed by atoms with van der Waals surface area (Å²) < 4.78 is 0. The van der Waals surface area contributed by atoms with E-state index in [2.05, 4.69) is 17.6 Å². The van der Waals surface area contributed by atoms with Crippen molar-refractivity contribution in [1.29, 1.82) is 0 Å². The number of hydrogen-bond acceptors (Lipinski definition) is 2. The van der Waals surface area contributed by atoms with Crippen LogP contribution in [-0.2, 0) is 16.1 Å². The van der Waals surface area contributed by atoms with Crippen LogP contribution in [0.1, 0.15) is 50.2 Å². The molecule has 2 amide bonds. The van der Waals surface area contributed by atoms with Gasteiger partial charge < -0.3 is 10.6 Å². The molecule has 1 aromatic carbocycles. The van der Waals surface area contributed by atoms with Gasteiger partial charge in [-0.15, -0.1) is 0 Å². The van der Waals surface area contributed by atoms with E-state index in [4.69, 9.17) is 0 Å². The predicted molar refractivity (Wildman–Crippen MR) is 87.2 cm³/mol. The second-order valence-corrected chi connectivity index (χ2v) is 6.27. The van der Waals surface area contributed by atoms with Crippen LogP contribution in [0.15, 0.2) is 24.3 Å². The van der Waals surface area contributed by atoms with Crippen molar-refractivity contribution in [1.82, 2.24) is 10.6 Å². The van der Waals surface area contributed by atoms with Crippen molar-refractivity contribution in [2.75, 3.05) is 0 Å². The smallest absolute Gasteiger partial charge is 0.309 e. The number of hydrogen-bond donors (Lipinski definition) is 2. The fourth-order valence-electron chi connectivity index (χ4n) is 2.93. The van der Waals surface area contributed by atoms with Gasteiger partial charge in [-0.05, 0) is 44.1 Å². The largest absolute Gasteiger partial charge is 0.345 e. The number of amides is 2. The van der Waals surface area contributed by atoms with E-state index < -0.39 is 11.8 Å². The lowest BCUT2D eigenvalue weighted by molar-refractivity contribution is -0.139. The molecule has 1 aliphatic carbocycles. The van der Waals surface area contributed by atoms with Crippen molar-refractivity contribution >= 4 is 11.8 Å². The van der Waals surface area contributed by atoms with E-state index >= 15 is 0 Å². The quantitative estimate of drug-likeness (QED) is 0.840. The van der Waals surface area contributed by atoms with Gasteiger partial charge in [0.15, 0.2) is 0 Å². The molecule has 0 saturated heterocycles. The van der Waals surface area contributed by atoms with E-state index in [0.717, 1.165) is 37.2 Å². The number of carbonyl (C=O) groups excluding carboxylic acids is 2. The second kappa shape index (κ2) is 7.97. The lowest BCUT2D eigenvalue weighted by Crippen LogP contribution is -2.45. The molecule has 1 saturated carbocycles. The van der Waals surface area contributed by atoms with Crippen LogP contribution in [0.2, 0.25) is 0 Å².